The summed E-state index contributed by atoms with van der Waals surface area (Å²) in [5.74, 6) is 0. The summed E-state index contributed by atoms with van der Waals surface area (Å²) in [6.07, 6.45) is -0.223. The summed E-state index contributed by atoms with van der Waals surface area (Å²) >= 11 is 0. The minimum atomic E-state index is -0.223. The van der Waals surface area contributed by atoms with Crippen LogP contribution < -0.4 is 5.73 Å². The van der Waals surface area contributed by atoms with Gasteiger partial charge in [0.1, 0.15) is 0 Å². The van der Waals surface area contributed by atoms with Crippen molar-refractivity contribution < 1.29 is 14.2 Å². The first kappa shape index (κ1) is 14.1. The average Bonchev–Trinajstić information content (AvgIpc) is 2.37. The van der Waals surface area contributed by atoms with E-state index in [0.29, 0.717) is 33.0 Å². The second kappa shape index (κ2) is 9.13. The Morgan fingerprint density at radius 1 is 1.06 bits per heavy atom. The van der Waals surface area contributed by atoms with Crippen LogP contribution in [-0.2, 0) is 20.8 Å². The fraction of sp³-hybridized carbons (Fsp3) is 0.538. The molecule has 0 aliphatic carbocycles. The van der Waals surface area contributed by atoms with Gasteiger partial charge in [-0.3, -0.25) is 0 Å². The fourth-order valence-electron chi connectivity index (χ4n) is 1.32. The first-order valence-corrected chi connectivity index (χ1v) is 5.88. The fourth-order valence-corrected chi connectivity index (χ4v) is 1.32. The number of ether oxygens (including phenoxy) is 3. The van der Waals surface area contributed by atoms with Gasteiger partial charge in [-0.15, -0.1) is 0 Å². The van der Waals surface area contributed by atoms with Crippen LogP contribution in [0.25, 0.3) is 0 Å². The summed E-state index contributed by atoms with van der Waals surface area (Å²) in [5.41, 5.74) is 6.48. The third-order valence-corrected chi connectivity index (χ3v) is 2.16. The number of rotatable bonds is 9. The van der Waals surface area contributed by atoms with Crippen LogP contribution in [0.3, 0.4) is 0 Å². The first-order valence-electron chi connectivity index (χ1n) is 5.88. The molecule has 0 aliphatic heterocycles. The van der Waals surface area contributed by atoms with Crippen molar-refractivity contribution in [3.8, 4) is 0 Å². The molecule has 4 heteroatoms. The topological polar surface area (TPSA) is 53.7 Å². The van der Waals surface area contributed by atoms with Crippen LogP contribution in [0, 0.1) is 0 Å². The zero-order valence-electron chi connectivity index (χ0n) is 10.3. The van der Waals surface area contributed by atoms with E-state index in [2.05, 4.69) is 0 Å². The average molecular weight is 239 g/mol. The molecule has 0 saturated carbocycles. The maximum atomic E-state index is 5.47. The number of hydrogen-bond donors (Lipinski definition) is 1. The van der Waals surface area contributed by atoms with E-state index < -0.39 is 0 Å². The molecule has 0 aromatic heterocycles. The van der Waals surface area contributed by atoms with Crippen molar-refractivity contribution in [3.05, 3.63) is 35.9 Å². The van der Waals surface area contributed by atoms with Gasteiger partial charge in [0.05, 0.1) is 26.4 Å². The van der Waals surface area contributed by atoms with Gasteiger partial charge < -0.3 is 19.9 Å². The molecule has 1 atom stereocenters. The van der Waals surface area contributed by atoms with E-state index in [1.807, 2.05) is 37.3 Å². The Balaban J connectivity index is 1.97. The number of nitrogens with two attached hydrogens (primary N) is 1. The van der Waals surface area contributed by atoms with Gasteiger partial charge in [-0.05, 0) is 12.5 Å². The largest absolute Gasteiger partial charge is 0.374 e. The molecule has 1 aromatic rings. The Hall–Kier alpha value is -0.940. The van der Waals surface area contributed by atoms with E-state index in [-0.39, 0.29) is 6.29 Å². The summed E-state index contributed by atoms with van der Waals surface area (Å²) in [5, 5.41) is 0. The Labute approximate surface area is 103 Å². The third kappa shape index (κ3) is 7.07. The van der Waals surface area contributed by atoms with Crippen molar-refractivity contribution in [1.29, 1.82) is 0 Å². The van der Waals surface area contributed by atoms with Gasteiger partial charge in [-0.1, -0.05) is 30.3 Å². The molecule has 4 nitrogen and oxygen atoms in total. The van der Waals surface area contributed by atoms with Crippen molar-refractivity contribution in [3.63, 3.8) is 0 Å². The monoisotopic (exact) mass is 239 g/mol. The molecule has 0 heterocycles. The van der Waals surface area contributed by atoms with Gasteiger partial charge in [-0.25, -0.2) is 0 Å². The van der Waals surface area contributed by atoms with Gasteiger partial charge in [0.15, 0.2) is 6.29 Å². The van der Waals surface area contributed by atoms with E-state index in [4.69, 9.17) is 19.9 Å². The van der Waals surface area contributed by atoms with E-state index in [9.17, 15) is 0 Å². The maximum Gasteiger partial charge on any atom is 0.154 e. The summed E-state index contributed by atoms with van der Waals surface area (Å²) < 4.78 is 16.1. The van der Waals surface area contributed by atoms with Crippen molar-refractivity contribution >= 4 is 0 Å². The summed E-state index contributed by atoms with van der Waals surface area (Å²) in [6, 6.07) is 10.1. The molecular formula is C13H21NO3. The molecule has 0 aliphatic rings. The summed E-state index contributed by atoms with van der Waals surface area (Å²) in [7, 11) is 0. The SMILES string of the molecule is C[C@@H](OCCN)OCCOCc1ccccc1. The second-order valence-corrected chi connectivity index (χ2v) is 3.64. The molecule has 0 bridgehead atoms. The van der Waals surface area contributed by atoms with Crippen LogP contribution >= 0.6 is 0 Å². The molecule has 1 aromatic carbocycles. The van der Waals surface area contributed by atoms with Crippen LogP contribution in [-0.4, -0.2) is 32.7 Å². The van der Waals surface area contributed by atoms with Crippen LogP contribution in [0.2, 0.25) is 0 Å². The lowest BCUT2D eigenvalue weighted by molar-refractivity contribution is -0.138. The maximum absolute atomic E-state index is 5.47. The Morgan fingerprint density at radius 2 is 1.76 bits per heavy atom. The molecule has 0 fully saturated rings. The predicted molar refractivity (Wildman–Crippen MR) is 66.5 cm³/mol. The Bertz CT molecular complexity index is 279. The van der Waals surface area contributed by atoms with Crippen LogP contribution in [0.15, 0.2) is 30.3 Å². The van der Waals surface area contributed by atoms with Gasteiger partial charge in [0, 0.05) is 6.54 Å². The van der Waals surface area contributed by atoms with Crippen molar-refractivity contribution in [2.45, 2.75) is 19.8 Å². The molecule has 0 amide bonds. The minimum absolute atomic E-state index is 0.223. The predicted octanol–water partition coefficient (Wildman–Crippen LogP) is 1.54. The van der Waals surface area contributed by atoms with Crippen LogP contribution in [0.4, 0.5) is 0 Å². The van der Waals surface area contributed by atoms with Gasteiger partial charge >= 0.3 is 0 Å². The normalized spacial score (nSPS) is 12.6. The van der Waals surface area contributed by atoms with Gasteiger partial charge in [0.25, 0.3) is 0 Å². The standard InChI is InChI=1S/C13H21NO3/c1-12(16-8-7-14)17-10-9-15-11-13-5-3-2-4-6-13/h2-6,12H,7-11,14H2,1H3/t12-/m0/s1. The number of benzene rings is 1. The highest BCUT2D eigenvalue weighted by atomic mass is 16.7. The first-order chi connectivity index (χ1) is 8.33. The van der Waals surface area contributed by atoms with Crippen molar-refractivity contribution in [2.75, 3.05) is 26.4 Å². The Morgan fingerprint density at radius 3 is 2.47 bits per heavy atom. The smallest absolute Gasteiger partial charge is 0.154 e. The lowest BCUT2D eigenvalue weighted by Crippen LogP contribution is -2.20. The van der Waals surface area contributed by atoms with Crippen molar-refractivity contribution in [2.24, 2.45) is 5.73 Å². The second-order valence-electron chi connectivity index (χ2n) is 3.64. The zero-order chi connectivity index (χ0) is 12.3. The third-order valence-electron chi connectivity index (χ3n) is 2.16. The van der Waals surface area contributed by atoms with Crippen LogP contribution in [0.5, 0.6) is 0 Å². The highest BCUT2D eigenvalue weighted by Gasteiger charge is 2.00. The molecule has 0 radical (unpaired) electrons. The molecule has 96 valence electrons. The molecule has 2 N–H and O–H groups in total. The molecular weight excluding hydrogens is 218 g/mol. The summed E-state index contributed by atoms with van der Waals surface area (Å²) in [6.45, 7) is 4.59. The zero-order valence-corrected chi connectivity index (χ0v) is 10.3. The molecule has 17 heavy (non-hydrogen) atoms. The lowest BCUT2D eigenvalue weighted by Gasteiger charge is -2.13. The van der Waals surface area contributed by atoms with E-state index in [1.165, 1.54) is 5.56 Å². The highest BCUT2D eigenvalue weighted by molar-refractivity contribution is 5.13. The quantitative estimate of drug-likeness (QED) is 0.524. The molecule has 0 spiro atoms. The highest BCUT2D eigenvalue weighted by Crippen LogP contribution is 2.00. The lowest BCUT2D eigenvalue weighted by atomic mass is 10.2. The van der Waals surface area contributed by atoms with Crippen molar-refractivity contribution in [1.82, 2.24) is 0 Å². The van der Waals surface area contributed by atoms with E-state index in [1.54, 1.807) is 0 Å². The molecule has 0 saturated heterocycles. The minimum Gasteiger partial charge on any atom is -0.374 e. The van der Waals surface area contributed by atoms with Gasteiger partial charge in [0.2, 0.25) is 0 Å². The molecule has 0 unspecified atom stereocenters. The van der Waals surface area contributed by atoms with E-state index in [0.717, 1.165) is 0 Å². The molecule has 1 rings (SSSR count). The Kier molecular flexibility index (Phi) is 7.58. The summed E-state index contributed by atoms with van der Waals surface area (Å²) in [4.78, 5) is 0. The van der Waals surface area contributed by atoms with Gasteiger partial charge in [-0.2, -0.15) is 0 Å². The van der Waals surface area contributed by atoms with Crippen LogP contribution in [0.1, 0.15) is 12.5 Å². The van der Waals surface area contributed by atoms with E-state index >= 15 is 0 Å². The number of hydrogen-bond acceptors (Lipinski definition) is 4.